The summed E-state index contributed by atoms with van der Waals surface area (Å²) in [5.74, 6) is 0.971. The number of ether oxygens (including phenoxy) is 3. The molecule has 5 fully saturated rings. The molecule has 5 heterocycles. The molecule has 0 aromatic carbocycles. The Morgan fingerprint density at radius 1 is 1.00 bits per heavy atom. The first kappa shape index (κ1) is 12.5. The van der Waals surface area contributed by atoms with Gasteiger partial charge in [-0.15, -0.1) is 0 Å². The van der Waals surface area contributed by atoms with Crippen LogP contribution in [0.4, 0.5) is 0 Å². The third-order valence-electron chi connectivity index (χ3n) is 7.56. The number of rotatable bonds is 0. The van der Waals surface area contributed by atoms with Crippen LogP contribution in [0.5, 0.6) is 0 Å². The van der Waals surface area contributed by atoms with Gasteiger partial charge in [0.2, 0.25) is 0 Å². The van der Waals surface area contributed by atoms with Gasteiger partial charge in [-0.2, -0.15) is 0 Å². The molecule has 0 aromatic heterocycles. The topological polar surface area (TPSA) is 44.8 Å². The Morgan fingerprint density at radius 2 is 1.77 bits per heavy atom. The average Bonchev–Trinajstić information content (AvgIpc) is 3.28. The fraction of sp³-hybridized carbons (Fsp3) is 0.833. The lowest BCUT2D eigenvalue weighted by Gasteiger charge is -2.49. The lowest BCUT2D eigenvalue weighted by atomic mass is 9.53. The Bertz CT molecular complexity index is 578. The maximum Gasteiger partial charge on any atom is 0.307 e. The van der Waals surface area contributed by atoms with E-state index >= 15 is 0 Å². The minimum absolute atomic E-state index is 0.00853. The standard InChI is InChI=1S/C18H22O4/c19-13-9-17(18(22-13)6-2-1-3-7-18)8-12-14-10-4-5-11(20-10)15(14)16(17)21-12/h4-5,10-12,14-16H,1-3,6-9H2. The molecule has 118 valence electrons. The van der Waals surface area contributed by atoms with Crippen LogP contribution in [0.2, 0.25) is 0 Å². The summed E-state index contributed by atoms with van der Waals surface area (Å²) in [7, 11) is 0. The molecule has 0 radical (unpaired) electrons. The zero-order valence-electron chi connectivity index (χ0n) is 12.7. The number of hydrogen-bond donors (Lipinski definition) is 0. The third-order valence-corrected chi connectivity index (χ3v) is 7.56. The highest BCUT2D eigenvalue weighted by Gasteiger charge is 2.76. The van der Waals surface area contributed by atoms with E-state index in [2.05, 4.69) is 12.2 Å². The van der Waals surface area contributed by atoms with E-state index < -0.39 is 0 Å². The predicted octanol–water partition coefficient (Wildman–Crippen LogP) is 2.36. The maximum atomic E-state index is 12.3. The van der Waals surface area contributed by atoms with E-state index in [0.29, 0.717) is 18.3 Å². The van der Waals surface area contributed by atoms with Crippen molar-refractivity contribution >= 4 is 5.97 Å². The lowest BCUT2D eigenvalue weighted by molar-refractivity contribution is -0.160. The van der Waals surface area contributed by atoms with E-state index in [1.54, 1.807) is 0 Å². The molecule has 4 saturated heterocycles. The van der Waals surface area contributed by atoms with E-state index in [1.807, 2.05) is 0 Å². The summed E-state index contributed by atoms with van der Waals surface area (Å²) in [6, 6.07) is 0. The fourth-order valence-corrected chi connectivity index (χ4v) is 6.84. The SMILES string of the molecule is O=C1CC2(CC3OC2C2C4C=CC(O4)C32)C2(CCCCC2)O1. The number of carbonyl (C=O) groups excluding carboxylic acids is 1. The van der Waals surface area contributed by atoms with Gasteiger partial charge < -0.3 is 14.2 Å². The highest BCUT2D eigenvalue weighted by atomic mass is 16.6. The first-order valence-electron chi connectivity index (χ1n) is 8.94. The molecule has 1 saturated carbocycles. The van der Waals surface area contributed by atoms with Crippen molar-refractivity contribution in [2.24, 2.45) is 17.3 Å². The van der Waals surface area contributed by atoms with Crippen molar-refractivity contribution in [3.05, 3.63) is 12.2 Å². The van der Waals surface area contributed by atoms with Crippen LogP contribution in [0, 0.1) is 17.3 Å². The van der Waals surface area contributed by atoms with Crippen molar-refractivity contribution < 1.29 is 19.0 Å². The van der Waals surface area contributed by atoms with Crippen LogP contribution in [-0.2, 0) is 19.0 Å². The van der Waals surface area contributed by atoms with Crippen molar-refractivity contribution in [1.29, 1.82) is 0 Å². The summed E-state index contributed by atoms with van der Waals surface area (Å²) in [4.78, 5) is 12.3. The highest BCUT2D eigenvalue weighted by Crippen LogP contribution is 2.69. The van der Waals surface area contributed by atoms with Crippen LogP contribution in [0.15, 0.2) is 12.2 Å². The van der Waals surface area contributed by atoms with Crippen LogP contribution in [0.25, 0.3) is 0 Å². The summed E-state index contributed by atoms with van der Waals surface area (Å²) in [5.41, 5.74) is -0.309. The summed E-state index contributed by atoms with van der Waals surface area (Å²) in [6.07, 6.45) is 12.6. The Hall–Kier alpha value is -0.870. The highest BCUT2D eigenvalue weighted by molar-refractivity contribution is 5.74. The van der Waals surface area contributed by atoms with Gasteiger partial charge in [-0.25, -0.2) is 0 Å². The van der Waals surface area contributed by atoms with E-state index in [0.717, 1.165) is 19.3 Å². The Labute approximate surface area is 130 Å². The smallest absolute Gasteiger partial charge is 0.307 e. The van der Waals surface area contributed by atoms with Crippen molar-refractivity contribution in [1.82, 2.24) is 0 Å². The minimum Gasteiger partial charge on any atom is -0.458 e. The molecule has 1 aliphatic carbocycles. The first-order valence-corrected chi connectivity index (χ1v) is 8.94. The molecule has 4 nitrogen and oxygen atoms in total. The molecule has 2 spiro atoms. The number of hydrogen-bond acceptors (Lipinski definition) is 4. The van der Waals surface area contributed by atoms with Gasteiger partial charge in [0.15, 0.2) is 0 Å². The number of esters is 1. The number of fused-ring (bicyclic) bond motifs is 11. The number of carbonyl (C=O) groups is 1. The minimum atomic E-state index is -0.238. The zero-order chi connectivity index (χ0) is 14.5. The molecule has 0 amide bonds. The van der Waals surface area contributed by atoms with Gasteiger partial charge in [0.25, 0.3) is 0 Å². The van der Waals surface area contributed by atoms with Gasteiger partial charge in [0, 0.05) is 17.3 Å². The first-order chi connectivity index (χ1) is 10.7. The van der Waals surface area contributed by atoms with Crippen molar-refractivity contribution in [2.75, 3.05) is 0 Å². The molecule has 7 atom stereocenters. The fourth-order valence-electron chi connectivity index (χ4n) is 6.84. The van der Waals surface area contributed by atoms with Gasteiger partial charge in [-0.3, -0.25) is 4.79 Å². The van der Waals surface area contributed by atoms with Gasteiger partial charge >= 0.3 is 5.97 Å². The molecule has 5 aliphatic heterocycles. The van der Waals surface area contributed by atoms with Gasteiger partial charge in [-0.1, -0.05) is 18.6 Å². The van der Waals surface area contributed by atoms with Crippen LogP contribution in [0.1, 0.15) is 44.9 Å². The average molecular weight is 302 g/mol. The molecule has 4 heteroatoms. The largest absolute Gasteiger partial charge is 0.458 e. The van der Waals surface area contributed by atoms with E-state index in [4.69, 9.17) is 14.2 Å². The molecule has 0 aromatic rings. The van der Waals surface area contributed by atoms with Crippen LogP contribution in [-0.4, -0.2) is 36.0 Å². The van der Waals surface area contributed by atoms with Crippen LogP contribution < -0.4 is 0 Å². The van der Waals surface area contributed by atoms with Crippen molar-refractivity contribution in [2.45, 2.75) is 75.0 Å². The molecule has 4 bridgehead atoms. The third kappa shape index (κ3) is 1.21. The van der Waals surface area contributed by atoms with E-state index in [1.165, 1.54) is 19.3 Å². The van der Waals surface area contributed by atoms with Crippen LogP contribution in [0.3, 0.4) is 0 Å². The monoisotopic (exact) mass is 302 g/mol. The molecule has 7 unspecified atom stereocenters. The lowest BCUT2D eigenvalue weighted by Crippen LogP contribution is -2.56. The quantitative estimate of drug-likeness (QED) is 0.509. The van der Waals surface area contributed by atoms with Gasteiger partial charge in [0.1, 0.15) is 5.60 Å². The normalized spacial score (nSPS) is 56.3. The van der Waals surface area contributed by atoms with E-state index in [-0.39, 0.29) is 41.4 Å². The van der Waals surface area contributed by atoms with Crippen molar-refractivity contribution in [3.63, 3.8) is 0 Å². The molecule has 6 aliphatic rings. The molecule has 22 heavy (non-hydrogen) atoms. The summed E-state index contributed by atoms with van der Waals surface area (Å²) in [5, 5.41) is 0. The Kier molecular flexibility index (Phi) is 2.16. The zero-order valence-corrected chi connectivity index (χ0v) is 12.7. The second-order valence-corrected chi connectivity index (χ2v) is 8.27. The second kappa shape index (κ2) is 3.78. The molecular formula is C18H22O4. The summed E-state index contributed by atoms with van der Waals surface area (Å²) < 4.78 is 18.6. The van der Waals surface area contributed by atoms with Gasteiger partial charge in [0.05, 0.1) is 30.8 Å². The van der Waals surface area contributed by atoms with Gasteiger partial charge in [-0.05, 0) is 32.1 Å². The summed E-state index contributed by atoms with van der Waals surface area (Å²) in [6.45, 7) is 0. The van der Waals surface area contributed by atoms with Crippen molar-refractivity contribution in [3.8, 4) is 0 Å². The van der Waals surface area contributed by atoms with Crippen LogP contribution >= 0.6 is 0 Å². The van der Waals surface area contributed by atoms with E-state index in [9.17, 15) is 4.79 Å². The summed E-state index contributed by atoms with van der Waals surface area (Å²) >= 11 is 0. The second-order valence-electron chi connectivity index (χ2n) is 8.27. The molecular weight excluding hydrogens is 280 g/mol. The Morgan fingerprint density at radius 3 is 2.59 bits per heavy atom. The predicted molar refractivity (Wildman–Crippen MR) is 77.0 cm³/mol. The molecule has 6 rings (SSSR count). The maximum absolute atomic E-state index is 12.3. The molecule has 0 N–H and O–H groups in total. The Balaban J connectivity index is 1.45.